The molecule has 0 aromatic heterocycles. The summed E-state index contributed by atoms with van der Waals surface area (Å²) >= 11 is 0. The second-order valence-electron chi connectivity index (χ2n) is 15.3. The molecule has 0 spiro atoms. The highest BCUT2D eigenvalue weighted by Gasteiger charge is 2.35. The first kappa shape index (κ1) is 47.0. The van der Waals surface area contributed by atoms with Crippen molar-refractivity contribution in [2.45, 2.75) is 97.1 Å². The fourth-order valence-corrected chi connectivity index (χ4v) is 6.69. The molecule has 3 rings (SSSR count). The highest BCUT2D eigenvalue weighted by atomic mass is 16.6. The lowest BCUT2D eigenvalue weighted by Crippen LogP contribution is -2.60. The molecule has 1 saturated carbocycles. The third-order valence-corrected chi connectivity index (χ3v) is 9.93. The minimum atomic E-state index is -1.12. The third-order valence-electron chi connectivity index (χ3n) is 9.93. The first-order valence-electron chi connectivity index (χ1n) is 19.9. The van der Waals surface area contributed by atoms with E-state index in [9.17, 15) is 28.8 Å². The van der Waals surface area contributed by atoms with Gasteiger partial charge in [-0.05, 0) is 48.1 Å². The van der Waals surface area contributed by atoms with Gasteiger partial charge in [0.1, 0.15) is 31.3 Å². The van der Waals surface area contributed by atoms with Crippen molar-refractivity contribution in [3.8, 4) is 0 Å². The third kappa shape index (κ3) is 16.2. The van der Waals surface area contributed by atoms with Crippen molar-refractivity contribution in [3.05, 3.63) is 71.8 Å². The molecule has 5 amide bonds. The first-order valence-corrected chi connectivity index (χ1v) is 19.9. The number of carbonyl (C=O) groups excluding carboxylic acids is 6. The lowest BCUT2D eigenvalue weighted by molar-refractivity contribution is -0.154. The molecule has 1 aliphatic carbocycles. The zero-order valence-electron chi connectivity index (χ0n) is 34.9. The molecule has 320 valence electrons. The van der Waals surface area contributed by atoms with E-state index in [4.69, 9.17) is 18.9 Å². The SMILES string of the molecule is COC(=O)N[C@H](C(=O)N[C@@H](Cc1ccccc1)[C@H](CN(CC1CCCCC1)NC(=O)[C@@H](NC(=O)OC)C(C)C)OC(=O)CN(C)C(=O)OCc1ccccc1)C(C)C. The van der Waals surface area contributed by atoms with Crippen molar-refractivity contribution in [3.63, 3.8) is 0 Å². The summed E-state index contributed by atoms with van der Waals surface area (Å²) in [4.78, 5) is 80.3. The Labute approximate surface area is 342 Å². The van der Waals surface area contributed by atoms with E-state index in [0.29, 0.717) is 6.54 Å². The number of hydrogen-bond donors (Lipinski definition) is 4. The second kappa shape index (κ2) is 24.4. The summed E-state index contributed by atoms with van der Waals surface area (Å²) in [7, 11) is 3.83. The van der Waals surface area contributed by atoms with Crippen LogP contribution in [0.15, 0.2) is 60.7 Å². The predicted octanol–water partition coefficient (Wildman–Crippen LogP) is 4.57. The molecule has 0 unspecified atom stereocenters. The molecule has 4 atom stereocenters. The molecular formula is C42H62N6O10. The van der Waals surface area contributed by atoms with Crippen molar-refractivity contribution in [2.24, 2.45) is 17.8 Å². The van der Waals surface area contributed by atoms with Crippen LogP contribution in [0, 0.1) is 17.8 Å². The Kier molecular flexibility index (Phi) is 19.8. The smallest absolute Gasteiger partial charge is 0.410 e. The number of nitrogens with zero attached hydrogens (tertiary/aromatic N) is 2. The summed E-state index contributed by atoms with van der Waals surface area (Å²) in [6.45, 7) is 6.93. The Morgan fingerprint density at radius 2 is 1.26 bits per heavy atom. The quantitative estimate of drug-likeness (QED) is 0.0832. The molecule has 2 aromatic carbocycles. The number of amides is 5. The lowest BCUT2D eigenvalue weighted by atomic mass is 9.89. The van der Waals surface area contributed by atoms with E-state index in [-0.39, 0.29) is 37.3 Å². The summed E-state index contributed by atoms with van der Waals surface area (Å²) in [5.74, 6) is -2.33. The Bertz CT molecular complexity index is 1610. The molecule has 0 radical (unpaired) electrons. The molecule has 16 heteroatoms. The number of hydrogen-bond acceptors (Lipinski definition) is 11. The van der Waals surface area contributed by atoms with Crippen molar-refractivity contribution in [2.75, 3.05) is 40.9 Å². The number of ether oxygens (including phenoxy) is 4. The molecule has 0 heterocycles. The largest absolute Gasteiger partial charge is 0.457 e. The summed E-state index contributed by atoms with van der Waals surface area (Å²) < 4.78 is 21.2. The summed E-state index contributed by atoms with van der Waals surface area (Å²) in [5.41, 5.74) is 4.56. The van der Waals surface area contributed by atoms with E-state index in [1.54, 1.807) is 32.7 Å². The van der Waals surface area contributed by atoms with Crippen molar-refractivity contribution in [1.29, 1.82) is 0 Å². The molecular weight excluding hydrogens is 748 g/mol. The van der Waals surface area contributed by atoms with Crippen LogP contribution < -0.4 is 21.4 Å². The van der Waals surface area contributed by atoms with Crippen LogP contribution in [0.25, 0.3) is 0 Å². The molecule has 1 aliphatic rings. The van der Waals surface area contributed by atoms with Gasteiger partial charge in [-0.15, -0.1) is 0 Å². The number of likely N-dealkylation sites (N-methyl/N-ethyl adjacent to an activating group) is 1. The lowest BCUT2D eigenvalue weighted by Gasteiger charge is -2.37. The first-order chi connectivity index (χ1) is 27.7. The molecule has 0 bridgehead atoms. The summed E-state index contributed by atoms with van der Waals surface area (Å²) in [6, 6.07) is 15.5. The zero-order valence-corrected chi connectivity index (χ0v) is 34.9. The Morgan fingerprint density at radius 3 is 1.79 bits per heavy atom. The number of nitrogens with one attached hydrogen (secondary N) is 4. The van der Waals surface area contributed by atoms with Crippen LogP contribution in [0.3, 0.4) is 0 Å². The molecule has 16 nitrogen and oxygen atoms in total. The normalized spacial score (nSPS) is 15.0. The van der Waals surface area contributed by atoms with Gasteiger partial charge in [-0.25, -0.2) is 19.4 Å². The van der Waals surface area contributed by atoms with Crippen LogP contribution in [0.1, 0.15) is 70.9 Å². The standard InChI is InChI=1S/C42H62N6O10/c1-28(2)36(44-40(52)55-6)38(50)43-33(23-30-17-11-8-12-18-30)34(58-35(49)26-47(5)42(54)57-27-32-21-15-10-16-22-32)25-48(24-31-19-13-9-14-20-31)46-39(51)37(29(3)4)45-41(53)56-7/h8,10-12,15-18,21-22,28-29,31,33-34,36-37H,9,13-14,19-20,23-27H2,1-7H3,(H,43,50)(H,44,52)(H,45,53)(H,46,51)/t33-,34-,36-,37-/m0/s1. The van der Waals surface area contributed by atoms with Crippen LogP contribution in [-0.4, -0.2) is 111 Å². The van der Waals surface area contributed by atoms with Gasteiger partial charge in [-0.3, -0.25) is 19.8 Å². The van der Waals surface area contributed by atoms with Crippen LogP contribution in [0.4, 0.5) is 14.4 Å². The monoisotopic (exact) mass is 810 g/mol. The molecule has 4 N–H and O–H groups in total. The average molecular weight is 811 g/mol. The van der Waals surface area contributed by atoms with E-state index in [1.165, 1.54) is 21.3 Å². The molecule has 0 saturated heterocycles. The number of esters is 1. The summed E-state index contributed by atoms with van der Waals surface area (Å²) in [5, 5.41) is 9.90. The highest BCUT2D eigenvalue weighted by Crippen LogP contribution is 2.25. The van der Waals surface area contributed by atoms with Crippen molar-refractivity contribution in [1.82, 2.24) is 31.3 Å². The fourth-order valence-electron chi connectivity index (χ4n) is 6.69. The van der Waals surface area contributed by atoms with Crippen molar-refractivity contribution >= 4 is 36.1 Å². The average Bonchev–Trinajstić information content (AvgIpc) is 3.20. The van der Waals surface area contributed by atoms with E-state index < -0.39 is 66.8 Å². The molecule has 58 heavy (non-hydrogen) atoms. The number of benzene rings is 2. The predicted molar refractivity (Wildman–Crippen MR) is 216 cm³/mol. The zero-order chi connectivity index (χ0) is 42.6. The van der Waals surface area contributed by atoms with E-state index in [0.717, 1.165) is 48.1 Å². The van der Waals surface area contributed by atoms with Gasteiger partial charge in [-0.2, -0.15) is 0 Å². The van der Waals surface area contributed by atoms with Gasteiger partial charge >= 0.3 is 24.2 Å². The van der Waals surface area contributed by atoms with Crippen molar-refractivity contribution < 1.29 is 47.7 Å². The highest BCUT2D eigenvalue weighted by molar-refractivity contribution is 5.86. The Balaban J connectivity index is 2.01. The van der Waals surface area contributed by atoms with Gasteiger partial charge < -0.3 is 39.8 Å². The van der Waals surface area contributed by atoms with Crippen LogP contribution >= 0.6 is 0 Å². The number of alkyl carbamates (subject to hydrolysis) is 2. The topological polar surface area (TPSA) is 194 Å². The van der Waals surface area contributed by atoms with E-state index in [1.807, 2.05) is 60.7 Å². The summed E-state index contributed by atoms with van der Waals surface area (Å²) in [6.07, 6.45) is 1.74. The fraction of sp³-hybridized carbons (Fsp3) is 0.571. The molecule has 0 aliphatic heterocycles. The second-order valence-corrected chi connectivity index (χ2v) is 15.3. The van der Waals surface area contributed by atoms with Gasteiger partial charge in [0.05, 0.1) is 26.8 Å². The van der Waals surface area contributed by atoms with Gasteiger partial charge in [0.2, 0.25) is 5.91 Å². The van der Waals surface area contributed by atoms with Gasteiger partial charge in [-0.1, -0.05) is 108 Å². The van der Waals surface area contributed by atoms with E-state index >= 15 is 0 Å². The number of hydrazine groups is 1. The minimum absolute atomic E-state index is 0.00151. The van der Waals surface area contributed by atoms with E-state index in [2.05, 4.69) is 21.4 Å². The maximum absolute atomic E-state index is 14.0. The molecule has 1 fully saturated rings. The van der Waals surface area contributed by atoms with Gasteiger partial charge in [0.25, 0.3) is 5.91 Å². The van der Waals surface area contributed by atoms with Gasteiger partial charge in [0, 0.05) is 13.6 Å². The minimum Gasteiger partial charge on any atom is -0.457 e. The molecule has 2 aromatic rings. The number of rotatable bonds is 20. The van der Waals surface area contributed by atoms with Crippen LogP contribution in [0.2, 0.25) is 0 Å². The maximum Gasteiger partial charge on any atom is 0.410 e. The van der Waals surface area contributed by atoms with Crippen LogP contribution in [0.5, 0.6) is 0 Å². The number of methoxy groups -OCH3 is 2. The number of carbonyl (C=O) groups is 6. The Hall–Kier alpha value is -5.38. The van der Waals surface area contributed by atoms with Crippen LogP contribution in [-0.2, 0) is 46.4 Å². The Morgan fingerprint density at radius 1 is 0.724 bits per heavy atom. The maximum atomic E-state index is 14.0. The van der Waals surface area contributed by atoms with Gasteiger partial charge in [0.15, 0.2) is 0 Å².